The van der Waals surface area contributed by atoms with Crippen molar-refractivity contribution in [3.8, 4) is 11.3 Å². The summed E-state index contributed by atoms with van der Waals surface area (Å²) in [6, 6.07) is 23.0. The molecule has 6 heteroatoms. The summed E-state index contributed by atoms with van der Waals surface area (Å²) in [7, 11) is 0. The minimum Gasteiger partial charge on any atom is -0.456 e. The summed E-state index contributed by atoms with van der Waals surface area (Å²) in [6.45, 7) is 2.98. The van der Waals surface area contributed by atoms with E-state index in [2.05, 4.69) is 5.32 Å². The molecule has 1 aliphatic rings. The Bertz CT molecular complexity index is 1300. The minimum absolute atomic E-state index is 0.00258. The van der Waals surface area contributed by atoms with Crippen molar-refractivity contribution in [1.29, 1.82) is 0 Å². The van der Waals surface area contributed by atoms with E-state index < -0.39 is 0 Å². The van der Waals surface area contributed by atoms with Crippen molar-refractivity contribution in [1.82, 2.24) is 15.2 Å². The van der Waals surface area contributed by atoms with E-state index in [1.54, 1.807) is 12.1 Å². The highest BCUT2D eigenvalue weighted by Gasteiger charge is 2.27. The molecule has 0 atom stereocenters. The SMILES string of the molecule is Cc1ccc(C(=O)NC2CCN(C(=O)c3cc(-c4ccccc4)nc4ccccc34)CC2)o1. The number of furan rings is 1. The van der Waals surface area contributed by atoms with Crippen molar-refractivity contribution < 1.29 is 14.0 Å². The van der Waals surface area contributed by atoms with Crippen molar-refractivity contribution in [3.63, 3.8) is 0 Å². The summed E-state index contributed by atoms with van der Waals surface area (Å²) >= 11 is 0. The number of nitrogens with zero attached hydrogens (tertiary/aromatic N) is 2. The number of fused-ring (bicyclic) bond motifs is 1. The van der Waals surface area contributed by atoms with Crippen LogP contribution in [0.5, 0.6) is 0 Å². The van der Waals surface area contributed by atoms with E-state index in [-0.39, 0.29) is 17.9 Å². The zero-order valence-corrected chi connectivity index (χ0v) is 18.5. The van der Waals surface area contributed by atoms with E-state index in [1.807, 2.05) is 72.5 Å². The maximum atomic E-state index is 13.5. The van der Waals surface area contributed by atoms with E-state index in [0.29, 0.717) is 43.0 Å². The van der Waals surface area contributed by atoms with Gasteiger partial charge in [0.15, 0.2) is 5.76 Å². The molecule has 1 aliphatic heterocycles. The second-order valence-electron chi connectivity index (χ2n) is 8.39. The summed E-state index contributed by atoms with van der Waals surface area (Å²) in [6.07, 6.45) is 1.40. The number of aryl methyl sites for hydroxylation is 1. The fourth-order valence-electron chi connectivity index (χ4n) is 4.32. The highest BCUT2D eigenvalue weighted by molar-refractivity contribution is 6.07. The average molecular weight is 440 g/mol. The number of piperidine rings is 1. The van der Waals surface area contributed by atoms with Crippen LogP contribution in [0.3, 0.4) is 0 Å². The van der Waals surface area contributed by atoms with Crippen LogP contribution < -0.4 is 5.32 Å². The second kappa shape index (κ2) is 8.90. The van der Waals surface area contributed by atoms with Crippen LogP contribution >= 0.6 is 0 Å². The summed E-state index contributed by atoms with van der Waals surface area (Å²) in [5.41, 5.74) is 3.23. The molecule has 166 valence electrons. The number of para-hydroxylation sites is 1. The summed E-state index contributed by atoms with van der Waals surface area (Å²) in [4.78, 5) is 32.6. The molecule has 6 nitrogen and oxygen atoms in total. The standard InChI is InChI=1S/C27H25N3O3/c1-18-11-12-25(33-18)26(31)28-20-13-15-30(16-14-20)27(32)22-17-24(19-7-3-2-4-8-19)29-23-10-6-5-9-21(22)23/h2-12,17,20H,13-16H2,1H3,(H,28,31). The van der Waals surface area contributed by atoms with Gasteiger partial charge < -0.3 is 14.6 Å². The molecule has 3 heterocycles. The smallest absolute Gasteiger partial charge is 0.287 e. The van der Waals surface area contributed by atoms with Crippen molar-refractivity contribution in [3.05, 3.63) is 89.9 Å². The van der Waals surface area contributed by atoms with Crippen LogP contribution in [-0.2, 0) is 0 Å². The molecular weight excluding hydrogens is 414 g/mol. The monoisotopic (exact) mass is 439 g/mol. The molecule has 4 aromatic rings. The van der Waals surface area contributed by atoms with Gasteiger partial charge in [0.05, 0.1) is 16.8 Å². The molecule has 0 saturated carbocycles. The molecule has 0 radical (unpaired) electrons. The minimum atomic E-state index is -0.208. The average Bonchev–Trinajstić information content (AvgIpc) is 3.30. The number of nitrogens with one attached hydrogen (secondary N) is 1. The third-order valence-electron chi connectivity index (χ3n) is 6.10. The van der Waals surface area contributed by atoms with E-state index in [0.717, 1.165) is 22.2 Å². The van der Waals surface area contributed by atoms with Gasteiger partial charge in [-0.15, -0.1) is 0 Å². The molecule has 0 spiro atoms. The van der Waals surface area contributed by atoms with Crippen LogP contribution in [0, 0.1) is 6.92 Å². The van der Waals surface area contributed by atoms with Crippen molar-refractivity contribution in [2.45, 2.75) is 25.8 Å². The van der Waals surface area contributed by atoms with Gasteiger partial charge in [-0.2, -0.15) is 0 Å². The third-order valence-corrected chi connectivity index (χ3v) is 6.10. The van der Waals surface area contributed by atoms with Gasteiger partial charge >= 0.3 is 0 Å². The zero-order chi connectivity index (χ0) is 22.8. The molecule has 2 aromatic carbocycles. The molecule has 0 unspecified atom stereocenters. The first-order valence-corrected chi connectivity index (χ1v) is 11.2. The zero-order valence-electron chi connectivity index (χ0n) is 18.5. The molecule has 1 saturated heterocycles. The van der Waals surface area contributed by atoms with Crippen LogP contribution in [0.2, 0.25) is 0 Å². The van der Waals surface area contributed by atoms with Crippen molar-refractivity contribution >= 4 is 22.7 Å². The number of aromatic nitrogens is 1. The Morgan fingerprint density at radius 2 is 1.70 bits per heavy atom. The summed E-state index contributed by atoms with van der Waals surface area (Å²) in [5.74, 6) is 0.820. The van der Waals surface area contributed by atoms with E-state index in [1.165, 1.54) is 0 Å². The summed E-state index contributed by atoms with van der Waals surface area (Å²) in [5, 5.41) is 3.88. The highest BCUT2D eigenvalue weighted by Crippen LogP contribution is 2.26. The molecular formula is C27H25N3O3. The molecule has 1 fully saturated rings. The highest BCUT2D eigenvalue weighted by atomic mass is 16.3. The Kier molecular flexibility index (Phi) is 5.65. The number of rotatable bonds is 4. The number of carbonyl (C=O) groups is 2. The third kappa shape index (κ3) is 4.37. The van der Waals surface area contributed by atoms with Crippen LogP contribution in [0.4, 0.5) is 0 Å². The Morgan fingerprint density at radius 3 is 2.42 bits per heavy atom. The first-order valence-electron chi connectivity index (χ1n) is 11.2. The second-order valence-corrected chi connectivity index (χ2v) is 8.39. The molecule has 1 N–H and O–H groups in total. The number of hydrogen-bond donors (Lipinski definition) is 1. The Hall–Kier alpha value is -3.93. The largest absolute Gasteiger partial charge is 0.456 e. The van der Waals surface area contributed by atoms with Gasteiger partial charge in [0.2, 0.25) is 0 Å². The lowest BCUT2D eigenvalue weighted by molar-refractivity contribution is 0.0697. The first kappa shape index (κ1) is 20.9. The molecule has 5 rings (SSSR count). The van der Waals surface area contributed by atoms with Gasteiger partial charge in [0.25, 0.3) is 11.8 Å². The van der Waals surface area contributed by atoms with Crippen molar-refractivity contribution in [2.24, 2.45) is 0 Å². The lowest BCUT2D eigenvalue weighted by Crippen LogP contribution is -2.46. The predicted octanol–water partition coefficient (Wildman–Crippen LogP) is 4.84. The maximum absolute atomic E-state index is 13.5. The number of amides is 2. The predicted molar refractivity (Wildman–Crippen MR) is 127 cm³/mol. The van der Waals surface area contributed by atoms with Crippen molar-refractivity contribution in [2.75, 3.05) is 13.1 Å². The first-order chi connectivity index (χ1) is 16.1. The fourth-order valence-corrected chi connectivity index (χ4v) is 4.32. The van der Waals surface area contributed by atoms with Gasteiger partial charge in [-0.1, -0.05) is 48.5 Å². The van der Waals surface area contributed by atoms with Gasteiger partial charge in [-0.05, 0) is 44.0 Å². The normalized spacial score (nSPS) is 14.4. The Balaban J connectivity index is 1.34. The van der Waals surface area contributed by atoms with Gasteiger partial charge in [0, 0.05) is 30.1 Å². The van der Waals surface area contributed by atoms with Crippen LogP contribution in [0.1, 0.15) is 39.5 Å². The van der Waals surface area contributed by atoms with E-state index in [9.17, 15) is 9.59 Å². The molecule has 33 heavy (non-hydrogen) atoms. The number of pyridine rings is 1. The van der Waals surface area contributed by atoms with Gasteiger partial charge in [-0.3, -0.25) is 9.59 Å². The number of likely N-dealkylation sites (tertiary alicyclic amines) is 1. The molecule has 2 amide bonds. The molecule has 0 aliphatic carbocycles. The van der Waals surface area contributed by atoms with E-state index >= 15 is 0 Å². The lowest BCUT2D eigenvalue weighted by Gasteiger charge is -2.32. The fraction of sp³-hybridized carbons (Fsp3) is 0.222. The Labute approximate surface area is 192 Å². The molecule has 0 bridgehead atoms. The van der Waals surface area contributed by atoms with Gasteiger partial charge in [0.1, 0.15) is 5.76 Å². The van der Waals surface area contributed by atoms with E-state index in [4.69, 9.17) is 9.40 Å². The number of carbonyl (C=O) groups excluding carboxylic acids is 2. The van der Waals surface area contributed by atoms with Crippen LogP contribution in [0.25, 0.3) is 22.2 Å². The number of benzene rings is 2. The summed E-state index contributed by atoms with van der Waals surface area (Å²) < 4.78 is 5.41. The Morgan fingerprint density at radius 1 is 0.970 bits per heavy atom. The van der Waals surface area contributed by atoms with Gasteiger partial charge in [-0.25, -0.2) is 4.98 Å². The quantitative estimate of drug-likeness (QED) is 0.494. The lowest BCUT2D eigenvalue weighted by atomic mass is 10.0. The number of hydrogen-bond acceptors (Lipinski definition) is 4. The topological polar surface area (TPSA) is 75.4 Å². The molecule has 2 aromatic heterocycles. The van der Waals surface area contributed by atoms with Crippen LogP contribution in [-0.4, -0.2) is 40.8 Å². The van der Waals surface area contributed by atoms with Crippen LogP contribution in [0.15, 0.2) is 77.2 Å². The maximum Gasteiger partial charge on any atom is 0.287 e.